The number of thiophene rings is 1. The van der Waals surface area contributed by atoms with E-state index >= 15 is 0 Å². The topological polar surface area (TPSA) is 126 Å². The second-order valence-electron chi connectivity index (χ2n) is 6.07. The van der Waals surface area contributed by atoms with Crippen LogP contribution in [0.3, 0.4) is 0 Å². The molecule has 3 rings (SSSR count). The number of para-hydroxylation sites is 1. The standard InChI is InChI=1S/C21H17N5O2S2/c1-28-16-6-3-2-5-13(16)11-25-18(27)12-30-21-15(10-23)19(17-7-4-8-29-17)14(9-22)20(24)26-21/h2-8H,11-12H2,1H3,(H2,24,26)(H,25,27)/p+1. The number of carbonyl (C=O) groups is 1. The van der Waals surface area contributed by atoms with Gasteiger partial charge in [0.05, 0.1) is 12.9 Å². The first-order chi connectivity index (χ1) is 14.6. The lowest BCUT2D eigenvalue weighted by atomic mass is 10.0. The molecule has 1 aromatic carbocycles. The Balaban J connectivity index is 1.78. The number of nitrogens with two attached hydrogens (primary N) is 1. The molecule has 1 amide bonds. The molecule has 0 saturated heterocycles. The Bertz CT molecular complexity index is 1150. The predicted molar refractivity (Wildman–Crippen MR) is 116 cm³/mol. The van der Waals surface area contributed by atoms with Crippen LogP contribution in [0.15, 0.2) is 46.8 Å². The SMILES string of the molecule is COc1ccccc1CNC(=O)CSc1[nH+]c(N)c(C#N)c(-c2cccs2)c1C#N. The highest BCUT2D eigenvalue weighted by molar-refractivity contribution is 7.99. The average Bonchev–Trinajstić information content (AvgIpc) is 3.30. The molecule has 0 atom stereocenters. The van der Waals surface area contributed by atoms with Gasteiger partial charge in [-0.05, 0) is 17.5 Å². The minimum Gasteiger partial charge on any atom is -0.496 e. The minimum atomic E-state index is -0.205. The van der Waals surface area contributed by atoms with E-state index in [9.17, 15) is 15.3 Å². The summed E-state index contributed by atoms with van der Waals surface area (Å²) in [6.07, 6.45) is 0. The molecule has 0 fully saturated rings. The number of nitrogens with zero attached hydrogens (tertiary/aromatic N) is 2. The Morgan fingerprint density at radius 2 is 2.00 bits per heavy atom. The Labute approximate surface area is 182 Å². The van der Waals surface area contributed by atoms with Crippen molar-refractivity contribution in [3.63, 3.8) is 0 Å². The van der Waals surface area contributed by atoms with Gasteiger partial charge in [0, 0.05) is 22.5 Å². The Morgan fingerprint density at radius 1 is 1.23 bits per heavy atom. The summed E-state index contributed by atoms with van der Waals surface area (Å²) < 4.78 is 5.28. The van der Waals surface area contributed by atoms with Crippen LogP contribution in [-0.2, 0) is 11.3 Å². The smallest absolute Gasteiger partial charge is 0.289 e. The van der Waals surface area contributed by atoms with Gasteiger partial charge in [-0.1, -0.05) is 36.0 Å². The number of rotatable bonds is 7. The Kier molecular flexibility index (Phi) is 6.91. The molecular weight excluding hydrogens is 418 g/mol. The molecule has 2 heterocycles. The van der Waals surface area contributed by atoms with E-state index in [1.165, 1.54) is 11.3 Å². The van der Waals surface area contributed by atoms with Crippen LogP contribution in [0.25, 0.3) is 10.4 Å². The number of nitrogen functional groups attached to an aromatic ring is 1. The van der Waals surface area contributed by atoms with Gasteiger partial charge in [-0.3, -0.25) is 10.5 Å². The van der Waals surface area contributed by atoms with Crippen molar-refractivity contribution in [1.82, 2.24) is 5.32 Å². The summed E-state index contributed by atoms with van der Waals surface area (Å²) in [6.45, 7) is 0.328. The summed E-state index contributed by atoms with van der Waals surface area (Å²) in [5, 5.41) is 24.4. The van der Waals surface area contributed by atoms with Crippen molar-refractivity contribution in [2.75, 3.05) is 18.6 Å². The molecule has 30 heavy (non-hydrogen) atoms. The molecule has 0 saturated carbocycles. The molecule has 2 aromatic heterocycles. The highest BCUT2D eigenvalue weighted by Gasteiger charge is 2.24. The van der Waals surface area contributed by atoms with E-state index in [1.54, 1.807) is 7.11 Å². The summed E-state index contributed by atoms with van der Waals surface area (Å²) in [6, 6.07) is 15.3. The van der Waals surface area contributed by atoms with Gasteiger partial charge >= 0.3 is 0 Å². The fourth-order valence-corrected chi connectivity index (χ4v) is 4.48. The molecule has 150 valence electrons. The quantitative estimate of drug-likeness (QED) is 0.548. The molecule has 0 bridgehead atoms. The molecule has 0 aliphatic carbocycles. The number of benzene rings is 1. The molecular formula is C21H18N5O2S2+. The highest BCUT2D eigenvalue weighted by atomic mass is 32.2. The second-order valence-corrected chi connectivity index (χ2v) is 8.00. The van der Waals surface area contributed by atoms with Crippen molar-refractivity contribution in [3.8, 4) is 28.3 Å². The van der Waals surface area contributed by atoms with Crippen LogP contribution in [0.2, 0.25) is 0 Å². The summed E-state index contributed by atoms with van der Waals surface area (Å²) >= 11 is 2.58. The van der Waals surface area contributed by atoms with E-state index in [2.05, 4.69) is 22.4 Å². The molecule has 3 aromatic rings. The summed E-state index contributed by atoms with van der Waals surface area (Å²) in [5.41, 5.74) is 7.90. The van der Waals surface area contributed by atoms with Crippen LogP contribution in [0.4, 0.5) is 5.82 Å². The maximum Gasteiger partial charge on any atom is 0.289 e. The van der Waals surface area contributed by atoms with Gasteiger partial charge in [-0.25, -0.2) is 4.98 Å². The van der Waals surface area contributed by atoms with Gasteiger partial charge in [0.2, 0.25) is 5.91 Å². The van der Waals surface area contributed by atoms with E-state index in [4.69, 9.17) is 10.5 Å². The number of aromatic amines is 1. The van der Waals surface area contributed by atoms with Crippen molar-refractivity contribution in [1.29, 1.82) is 10.5 Å². The third-order valence-corrected chi connectivity index (χ3v) is 6.14. The first-order valence-corrected chi connectivity index (χ1v) is 10.7. The van der Waals surface area contributed by atoms with Crippen molar-refractivity contribution in [2.45, 2.75) is 11.6 Å². The molecule has 4 N–H and O–H groups in total. The normalized spacial score (nSPS) is 10.1. The molecule has 0 spiro atoms. The van der Waals surface area contributed by atoms with Gasteiger partial charge in [0.25, 0.3) is 5.82 Å². The van der Waals surface area contributed by atoms with Crippen molar-refractivity contribution in [2.24, 2.45) is 0 Å². The Morgan fingerprint density at radius 3 is 2.67 bits per heavy atom. The number of nitriles is 2. The highest BCUT2D eigenvalue weighted by Crippen LogP contribution is 2.35. The van der Waals surface area contributed by atoms with Gasteiger partial charge in [-0.2, -0.15) is 10.5 Å². The number of aromatic nitrogens is 1. The number of hydrogen-bond donors (Lipinski definition) is 2. The van der Waals surface area contributed by atoms with Crippen molar-refractivity contribution >= 4 is 34.8 Å². The van der Waals surface area contributed by atoms with Crippen LogP contribution in [0.5, 0.6) is 5.75 Å². The van der Waals surface area contributed by atoms with Crippen LogP contribution in [-0.4, -0.2) is 18.8 Å². The van der Waals surface area contributed by atoms with Crippen LogP contribution in [0.1, 0.15) is 16.7 Å². The van der Waals surface area contributed by atoms with Crippen molar-refractivity contribution < 1.29 is 14.5 Å². The number of methoxy groups -OCH3 is 1. The molecule has 9 heteroatoms. The molecule has 0 unspecified atom stereocenters. The zero-order valence-corrected chi connectivity index (χ0v) is 17.7. The third kappa shape index (κ3) is 4.54. The lowest BCUT2D eigenvalue weighted by Crippen LogP contribution is -2.26. The van der Waals surface area contributed by atoms with E-state index < -0.39 is 0 Å². The monoisotopic (exact) mass is 436 g/mol. The number of carbonyl (C=O) groups excluding carboxylic acids is 1. The number of hydrogen-bond acceptors (Lipinski definition) is 7. The lowest BCUT2D eigenvalue weighted by Gasteiger charge is -2.10. The van der Waals surface area contributed by atoms with Crippen LogP contribution < -0.4 is 20.8 Å². The fraction of sp³-hybridized carbons (Fsp3) is 0.143. The number of nitrogens with one attached hydrogen (secondary N) is 2. The van der Waals surface area contributed by atoms with Gasteiger partial charge in [0.15, 0.2) is 10.6 Å². The number of anilines is 1. The van der Waals surface area contributed by atoms with E-state index in [0.29, 0.717) is 28.4 Å². The molecule has 0 radical (unpaired) electrons. The average molecular weight is 437 g/mol. The van der Waals surface area contributed by atoms with Crippen molar-refractivity contribution in [3.05, 3.63) is 58.5 Å². The zero-order chi connectivity index (χ0) is 21.5. The van der Waals surface area contributed by atoms with Gasteiger partial charge in [0.1, 0.15) is 23.5 Å². The predicted octanol–water partition coefficient (Wildman–Crippen LogP) is 2.97. The van der Waals surface area contributed by atoms with Crippen LogP contribution >= 0.6 is 23.1 Å². The Hall–Kier alpha value is -3.53. The fourth-order valence-electron chi connectivity index (χ4n) is 2.85. The lowest BCUT2D eigenvalue weighted by molar-refractivity contribution is -0.410. The van der Waals surface area contributed by atoms with E-state index in [0.717, 1.165) is 22.2 Å². The molecule has 7 nitrogen and oxygen atoms in total. The maximum atomic E-state index is 12.4. The van der Waals surface area contributed by atoms with Gasteiger partial charge < -0.3 is 10.1 Å². The molecule has 0 aliphatic rings. The summed E-state index contributed by atoms with van der Waals surface area (Å²) in [5.74, 6) is 0.738. The first kappa shape index (κ1) is 21.2. The largest absolute Gasteiger partial charge is 0.496 e. The third-order valence-electron chi connectivity index (χ3n) is 4.25. The number of pyridine rings is 1. The number of thioether (sulfide) groups is 1. The number of ether oxygens (including phenoxy) is 1. The zero-order valence-electron chi connectivity index (χ0n) is 16.1. The summed E-state index contributed by atoms with van der Waals surface area (Å²) in [7, 11) is 1.58. The van der Waals surface area contributed by atoms with Crippen LogP contribution in [0, 0.1) is 22.7 Å². The molecule has 0 aliphatic heterocycles. The van der Waals surface area contributed by atoms with E-state index in [1.807, 2.05) is 41.8 Å². The number of amides is 1. The number of H-pyrrole nitrogens is 1. The maximum absolute atomic E-state index is 12.4. The van der Waals surface area contributed by atoms with E-state index in [-0.39, 0.29) is 23.0 Å². The van der Waals surface area contributed by atoms with Gasteiger partial charge in [-0.15, -0.1) is 11.3 Å². The first-order valence-electron chi connectivity index (χ1n) is 8.83. The second kappa shape index (κ2) is 9.79. The summed E-state index contributed by atoms with van der Waals surface area (Å²) in [4.78, 5) is 16.0. The minimum absolute atomic E-state index is 0.0789.